The number of hydrogen-bond donors (Lipinski definition) is 2. The van der Waals surface area contributed by atoms with E-state index in [9.17, 15) is 9.59 Å². The highest BCUT2D eigenvalue weighted by Gasteiger charge is 2.12. The third-order valence-corrected chi connectivity index (χ3v) is 5.00. The fraction of sp³-hybridized carbons (Fsp3) is 0.120. The average Bonchev–Trinajstić information content (AvgIpc) is 3.21. The molecule has 3 N–H and O–H groups in total. The number of aryl methyl sites for hydroxylation is 1. The average molecular weight is 429 g/mol. The Kier molecular flexibility index (Phi) is 6.07. The largest absolute Gasteiger partial charge is 0.492 e. The molecule has 0 atom stereocenters. The minimum atomic E-state index is -0.262. The third-order valence-electron chi connectivity index (χ3n) is 5.00. The molecule has 7 heteroatoms. The Labute approximate surface area is 185 Å². The lowest BCUT2D eigenvalue weighted by atomic mass is 10.2. The number of nitrogens with two attached hydrogens (primary N) is 1. The zero-order chi connectivity index (χ0) is 22.5. The summed E-state index contributed by atoms with van der Waals surface area (Å²) in [4.78, 5) is 25.4. The summed E-state index contributed by atoms with van der Waals surface area (Å²) in [5, 5.41) is 3.73. The first kappa shape index (κ1) is 21.0. The summed E-state index contributed by atoms with van der Waals surface area (Å²) in [7, 11) is 0. The van der Waals surface area contributed by atoms with Crippen LogP contribution in [-0.4, -0.2) is 25.5 Å². The van der Waals surface area contributed by atoms with E-state index in [1.54, 1.807) is 48.5 Å². The van der Waals surface area contributed by atoms with Gasteiger partial charge in [-0.15, -0.1) is 0 Å². The van der Waals surface area contributed by atoms with Crippen LogP contribution in [-0.2, 0) is 4.79 Å². The van der Waals surface area contributed by atoms with Crippen LogP contribution in [0, 0.1) is 6.92 Å². The Balaban J connectivity index is 1.33. The van der Waals surface area contributed by atoms with Crippen molar-refractivity contribution < 1.29 is 18.7 Å². The number of rotatable bonds is 8. The monoisotopic (exact) mass is 429 g/mol. The highest BCUT2D eigenvalue weighted by Crippen LogP contribution is 2.26. The van der Waals surface area contributed by atoms with Gasteiger partial charge in [0.05, 0.1) is 17.9 Å². The summed E-state index contributed by atoms with van der Waals surface area (Å²) in [6, 6.07) is 21.5. The molecule has 0 aliphatic heterocycles. The Bertz CT molecular complexity index is 1250. The van der Waals surface area contributed by atoms with Crippen LogP contribution in [0.1, 0.15) is 15.9 Å². The third kappa shape index (κ3) is 4.73. The molecule has 0 saturated heterocycles. The maximum atomic E-state index is 12.4. The molecular formula is C25H23N3O4. The van der Waals surface area contributed by atoms with Crippen molar-refractivity contribution >= 4 is 40.5 Å². The van der Waals surface area contributed by atoms with Gasteiger partial charge in [0.2, 0.25) is 12.3 Å². The van der Waals surface area contributed by atoms with Crippen LogP contribution in [0.3, 0.4) is 0 Å². The van der Waals surface area contributed by atoms with Crippen molar-refractivity contribution in [1.29, 1.82) is 0 Å². The molecule has 2 amide bonds. The van der Waals surface area contributed by atoms with Crippen molar-refractivity contribution in [3.63, 3.8) is 0 Å². The summed E-state index contributed by atoms with van der Waals surface area (Å²) in [5.41, 5.74) is 9.25. The van der Waals surface area contributed by atoms with Gasteiger partial charge in [0.15, 0.2) is 0 Å². The lowest BCUT2D eigenvalue weighted by molar-refractivity contribution is -0.107. The lowest BCUT2D eigenvalue weighted by Crippen LogP contribution is -2.26. The topological polar surface area (TPSA) is 97.8 Å². The Morgan fingerprint density at radius 1 is 1.09 bits per heavy atom. The van der Waals surface area contributed by atoms with Gasteiger partial charge >= 0.3 is 0 Å². The van der Waals surface area contributed by atoms with Gasteiger partial charge in [-0.3, -0.25) is 14.5 Å². The van der Waals surface area contributed by atoms with Crippen LogP contribution in [0.5, 0.6) is 5.75 Å². The standard InChI is InChI=1S/C25H23N3O4/c1-17-6-11-23-19(14-17)15-24(32-23)28(16-29)12-13-31-20-9-7-18(8-10-20)25(30)27-22-5-3-2-4-21(22)26/h2-11,14-16H,12-13,26H2,1H3,(H,27,30). The number of anilines is 3. The number of benzene rings is 3. The molecule has 0 unspecified atom stereocenters. The second-order valence-electron chi connectivity index (χ2n) is 7.34. The number of furan rings is 1. The van der Waals surface area contributed by atoms with Gasteiger partial charge in [-0.25, -0.2) is 0 Å². The van der Waals surface area contributed by atoms with Gasteiger partial charge < -0.3 is 20.2 Å². The van der Waals surface area contributed by atoms with E-state index in [0.29, 0.717) is 35.1 Å². The van der Waals surface area contributed by atoms with Crippen LogP contribution in [0.15, 0.2) is 77.2 Å². The maximum absolute atomic E-state index is 12.4. The molecule has 4 aromatic rings. The van der Waals surface area contributed by atoms with E-state index in [-0.39, 0.29) is 12.5 Å². The summed E-state index contributed by atoms with van der Waals surface area (Å²) >= 11 is 0. The fourth-order valence-electron chi connectivity index (χ4n) is 3.27. The van der Waals surface area contributed by atoms with E-state index in [2.05, 4.69) is 5.32 Å². The molecule has 0 aliphatic rings. The number of hydrogen-bond acceptors (Lipinski definition) is 5. The van der Waals surface area contributed by atoms with E-state index >= 15 is 0 Å². The molecule has 3 aromatic carbocycles. The summed E-state index contributed by atoms with van der Waals surface area (Å²) in [5.74, 6) is 0.796. The van der Waals surface area contributed by atoms with Crippen LogP contribution < -0.4 is 20.7 Å². The normalized spacial score (nSPS) is 10.7. The van der Waals surface area contributed by atoms with Crippen LogP contribution in [0.25, 0.3) is 11.0 Å². The van der Waals surface area contributed by atoms with Crippen molar-refractivity contribution in [2.75, 3.05) is 29.1 Å². The molecule has 0 fully saturated rings. The second kappa shape index (κ2) is 9.26. The number of nitrogen functional groups attached to an aromatic ring is 1. The number of carbonyl (C=O) groups excluding carboxylic acids is 2. The van der Waals surface area contributed by atoms with Crippen molar-refractivity contribution in [3.05, 3.63) is 83.9 Å². The molecule has 0 radical (unpaired) electrons. The van der Waals surface area contributed by atoms with Crippen molar-refractivity contribution in [2.24, 2.45) is 0 Å². The van der Waals surface area contributed by atoms with Crippen molar-refractivity contribution in [2.45, 2.75) is 6.92 Å². The number of carbonyl (C=O) groups is 2. The molecule has 1 heterocycles. The zero-order valence-corrected chi connectivity index (χ0v) is 17.6. The minimum Gasteiger partial charge on any atom is -0.492 e. The highest BCUT2D eigenvalue weighted by atomic mass is 16.5. The summed E-state index contributed by atoms with van der Waals surface area (Å²) in [6.45, 7) is 2.59. The number of ether oxygens (including phenoxy) is 1. The first-order valence-electron chi connectivity index (χ1n) is 10.1. The molecular weight excluding hydrogens is 406 g/mol. The molecule has 7 nitrogen and oxygen atoms in total. The van der Waals surface area contributed by atoms with Gasteiger partial charge in [0, 0.05) is 17.0 Å². The first-order chi connectivity index (χ1) is 15.5. The van der Waals surface area contributed by atoms with Crippen LogP contribution in [0.2, 0.25) is 0 Å². The molecule has 0 spiro atoms. The minimum absolute atomic E-state index is 0.262. The van der Waals surface area contributed by atoms with Crippen LogP contribution in [0.4, 0.5) is 17.3 Å². The number of fused-ring (bicyclic) bond motifs is 1. The predicted molar refractivity (Wildman–Crippen MR) is 125 cm³/mol. The van der Waals surface area contributed by atoms with Gasteiger partial charge in [0.25, 0.3) is 5.91 Å². The fourth-order valence-corrected chi connectivity index (χ4v) is 3.27. The van der Waals surface area contributed by atoms with Gasteiger partial charge in [-0.2, -0.15) is 0 Å². The second-order valence-corrected chi connectivity index (χ2v) is 7.34. The number of nitrogens with zero attached hydrogens (tertiary/aromatic N) is 1. The number of amides is 2. The van der Waals surface area contributed by atoms with E-state index in [0.717, 1.165) is 22.9 Å². The maximum Gasteiger partial charge on any atom is 0.255 e. The highest BCUT2D eigenvalue weighted by molar-refractivity contribution is 6.05. The molecule has 162 valence electrons. The Morgan fingerprint density at radius 3 is 2.62 bits per heavy atom. The first-order valence-corrected chi connectivity index (χ1v) is 10.1. The quantitative estimate of drug-likeness (QED) is 0.315. The molecule has 0 aliphatic carbocycles. The smallest absolute Gasteiger partial charge is 0.255 e. The van der Waals surface area contributed by atoms with E-state index < -0.39 is 0 Å². The number of para-hydroxylation sites is 2. The molecule has 1 aromatic heterocycles. The summed E-state index contributed by atoms with van der Waals surface area (Å²) < 4.78 is 11.5. The van der Waals surface area contributed by atoms with Crippen LogP contribution >= 0.6 is 0 Å². The van der Waals surface area contributed by atoms with Gasteiger partial charge in [-0.05, 0) is 55.5 Å². The van der Waals surface area contributed by atoms with Crippen molar-refractivity contribution in [1.82, 2.24) is 0 Å². The van der Waals surface area contributed by atoms with Gasteiger partial charge in [-0.1, -0.05) is 23.8 Å². The van der Waals surface area contributed by atoms with E-state index in [4.69, 9.17) is 14.9 Å². The van der Waals surface area contributed by atoms with Gasteiger partial charge in [0.1, 0.15) is 17.9 Å². The molecule has 32 heavy (non-hydrogen) atoms. The molecule has 4 rings (SSSR count). The number of nitrogens with one attached hydrogen (secondary N) is 1. The zero-order valence-electron chi connectivity index (χ0n) is 17.6. The predicted octanol–water partition coefficient (Wildman–Crippen LogP) is 4.62. The SMILES string of the molecule is Cc1ccc2oc(N(C=O)CCOc3ccc(C(=O)Nc4ccccc4N)cc3)cc2c1. The van der Waals surface area contributed by atoms with E-state index in [1.807, 2.05) is 31.2 Å². The van der Waals surface area contributed by atoms with E-state index in [1.165, 1.54) is 4.90 Å². The molecule has 0 saturated carbocycles. The molecule has 0 bridgehead atoms. The van der Waals surface area contributed by atoms with Crippen molar-refractivity contribution in [3.8, 4) is 5.75 Å². The Hall–Kier alpha value is -4.26. The lowest BCUT2D eigenvalue weighted by Gasteiger charge is -2.14. The summed E-state index contributed by atoms with van der Waals surface area (Å²) in [6.07, 6.45) is 0.719. The Morgan fingerprint density at radius 2 is 1.88 bits per heavy atom.